The molecule has 152 valence electrons. The van der Waals surface area contributed by atoms with Crippen LogP contribution in [-0.4, -0.2) is 75.4 Å². The van der Waals surface area contributed by atoms with Crippen LogP contribution in [-0.2, 0) is 22.4 Å². The first-order valence-corrected chi connectivity index (χ1v) is 11.3. The van der Waals surface area contributed by atoms with Crippen LogP contribution in [0.4, 0.5) is 0 Å². The van der Waals surface area contributed by atoms with Crippen LogP contribution in [0.25, 0.3) is 5.69 Å². The van der Waals surface area contributed by atoms with Gasteiger partial charge in [0, 0.05) is 30.1 Å². The van der Waals surface area contributed by atoms with Crippen molar-refractivity contribution in [1.29, 1.82) is 0 Å². The first-order chi connectivity index (χ1) is 14.2. The van der Waals surface area contributed by atoms with Crippen LogP contribution < -0.4 is 0 Å². The number of aromatic nitrogens is 2. The molecule has 7 nitrogen and oxygen atoms in total. The van der Waals surface area contributed by atoms with Crippen molar-refractivity contribution in [3.8, 4) is 5.69 Å². The van der Waals surface area contributed by atoms with Crippen molar-refractivity contribution in [3.05, 3.63) is 47.3 Å². The predicted octanol–water partition coefficient (Wildman–Crippen LogP) is 1.73. The molecule has 1 aliphatic carbocycles. The molecule has 3 heterocycles. The normalized spacial score (nSPS) is 21.4. The maximum Gasteiger partial charge on any atom is 0.276 e. The molecule has 2 saturated heterocycles. The number of benzene rings is 1. The molecular formula is C21H24N4O3S. The maximum atomic E-state index is 13.5. The number of rotatable bonds is 3. The van der Waals surface area contributed by atoms with Crippen LogP contribution in [0.5, 0.6) is 0 Å². The summed E-state index contributed by atoms with van der Waals surface area (Å²) in [5.74, 6) is 1.09. The highest BCUT2D eigenvalue weighted by atomic mass is 32.2. The third-order valence-electron chi connectivity index (χ3n) is 5.88. The van der Waals surface area contributed by atoms with Gasteiger partial charge >= 0.3 is 0 Å². The van der Waals surface area contributed by atoms with Gasteiger partial charge in [0.1, 0.15) is 6.04 Å². The van der Waals surface area contributed by atoms with Gasteiger partial charge in [0.15, 0.2) is 5.69 Å². The molecule has 0 saturated carbocycles. The summed E-state index contributed by atoms with van der Waals surface area (Å²) in [7, 11) is 0. The van der Waals surface area contributed by atoms with Crippen LogP contribution in [0.2, 0.25) is 0 Å². The van der Waals surface area contributed by atoms with Gasteiger partial charge in [-0.25, -0.2) is 4.68 Å². The number of carbonyl (C=O) groups is 2. The van der Waals surface area contributed by atoms with E-state index in [4.69, 9.17) is 9.84 Å². The SMILES string of the molecule is O=C([C@@H]1CSCN1C(=O)c1nn(-c2ccccc2)c2c1CCC2)N1CCOCC1. The number of carbonyl (C=O) groups excluding carboxylic acids is 2. The summed E-state index contributed by atoms with van der Waals surface area (Å²) in [5, 5.41) is 4.72. The maximum absolute atomic E-state index is 13.5. The van der Waals surface area contributed by atoms with E-state index < -0.39 is 6.04 Å². The molecule has 2 aliphatic heterocycles. The van der Waals surface area contributed by atoms with Crippen molar-refractivity contribution in [2.75, 3.05) is 37.9 Å². The van der Waals surface area contributed by atoms with Crippen LogP contribution >= 0.6 is 11.8 Å². The minimum absolute atomic E-state index is 0.0331. The Morgan fingerprint density at radius 1 is 1.10 bits per heavy atom. The summed E-state index contributed by atoms with van der Waals surface area (Å²) >= 11 is 1.63. The topological polar surface area (TPSA) is 67.7 Å². The van der Waals surface area contributed by atoms with E-state index in [9.17, 15) is 9.59 Å². The Labute approximate surface area is 174 Å². The van der Waals surface area contributed by atoms with E-state index in [1.54, 1.807) is 16.7 Å². The van der Waals surface area contributed by atoms with E-state index in [1.807, 2.05) is 39.9 Å². The van der Waals surface area contributed by atoms with Gasteiger partial charge in [0.25, 0.3) is 5.91 Å². The summed E-state index contributed by atoms with van der Waals surface area (Å²) in [4.78, 5) is 30.1. The van der Waals surface area contributed by atoms with Crippen molar-refractivity contribution >= 4 is 23.6 Å². The summed E-state index contributed by atoms with van der Waals surface area (Å²) in [6.07, 6.45) is 2.83. The zero-order valence-corrected chi connectivity index (χ0v) is 17.1. The fraction of sp³-hybridized carbons (Fsp3) is 0.476. The number of amides is 2. The van der Waals surface area contributed by atoms with Gasteiger partial charge in [-0.05, 0) is 31.4 Å². The molecule has 1 atom stereocenters. The minimum atomic E-state index is -0.412. The highest BCUT2D eigenvalue weighted by Crippen LogP contribution is 2.31. The number of fused-ring (bicyclic) bond motifs is 1. The molecule has 0 unspecified atom stereocenters. The van der Waals surface area contributed by atoms with E-state index >= 15 is 0 Å². The lowest BCUT2D eigenvalue weighted by molar-refractivity contribution is -0.138. The molecular weight excluding hydrogens is 388 g/mol. The number of nitrogens with zero attached hydrogens (tertiary/aromatic N) is 4. The first-order valence-electron chi connectivity index (χ1n) is 10.2. The predicted molar refractivity (Wildman–Crippen MR) is 110 cm³/mol. The Morgan fingerprint density at radius 3 is 2.69 bits per heavy atom. The first kappa shape index (κ1) is 18.7. The fourth-order valence-corrected chi connectivity index (χ4v) is 5.51. The van der Waals surface area contributed by atoms with E-state index in [-0.39, 0.29) is 11.8 Å². The van der Waals surface area contributed by atoms with Crippen molar-refractivity contribution in [2.24, 2.45) is 0 Å². The van der Waals surface area contributed by atoms with Crippen LogP contribution in [0.15, 0.2) is 30.3 Å². The Kier molecular flexibility index (Phi) is 5.05. The van der Waals surface area contributed by atoms with Crippen molar-refractivity contribution in [1.82, 2.24) is 19.6 Å². The third kappa shape index (κ3) is 3.34. The monoisotopic (exact) mass is 412 g/mol. The molecule has 2 aromatic rings. The van der Waals surface area contributed by atoms with Gasteiger partial charge in [-0.3, -0.25) is 9.59 Å². The molecule has 0 N–H and O–H groups in total. The third-order valence-corrected chi connectivity index (χ3v) is 6.90. The molecule has 29 heavy (non-hydrogen) atoms. The summed E-state index contributed by atoms with van der Waals surface area (Å²) in [5.41, 5.74) is 3.67. The molecule has 2 amide bonds. The number of para-hydroxylation sites is 1. The quantitative estimate of drug-likeness (QED) is 0.768. The van der Waals surface area contributed by atoms with Gasteiger partial charge in [-0.2, -0.15) is 5.10 Å². The van der Waals surface area contributed by atoms with Gasteiger partial charge < -0.3 is 14.5 Å². The van der Waals surface area contributed by atoms with Crippen LogP contribution in [0.1, 0.15) is 28.2 Å². The lowest BCUT2D eigenvalue weighted by Gasteiger charge is -2.32. The Balaban J connectivity index is 1.44. The molecule has 0 bridgehead atoms. The zero-order chi connectivity index (χ0) is 19.8. The van der Waals surface area contributed by atoms with Crippen molar-refractivity contribution < 1.29 is 14.3 Å². The summed E-state index contributed by atoms with van der Waals surface area (Å²) < 4.78 is 7.27. The molecule has 2 fully saturated rings. The molecule has 5 rings (SSSR count). The fourth-order valence-electron chi connectivity index (χ4n) is 4.37. The Hall–Kier alpha value is -2.32. The smallest absolute Gasteiger partial charge is 0.276 e. The highest BCUT2D eigenvalue weighted by molar-refractivity contribution is 7.99. The number of morpholine rings is 1. The summed E-state index contributed by atoms with van der Waals surface area (Å²) in [6.45, 7) is 2.32. The van der Waals surface area contributed by atoms with Crippen LogP contribution in [0, 0.1) is 0 Å². The molecule has 3 aliphatic rings. The second-order valence-electron chi connectivity index (χ2n) is 7.60. The van der Waals surface area contributed by atoms with Gasteiger partial charge in [0.2, 0.25) is 5.91 Å². The largest absolute Gasteiger partial charge is 0.378 e. The minimum Gasteiger partial charge on any atom is -0.378 e. The lowest BCUT2D eigenvalue weighted by Crippen LogP contribution is -2.52. The van der Waals surface area contributed by atoms with Crippen molar-refractivity contribution in [2.45, 2.75) is 25.3 Å². The van der Waals surface area contributed by atoms with E-state index in [0.29, 0.717) is 43.6 Å². The van der Waals surface area contributed by atoms with E-state index in [2.05, 4.69) is 0 Å². The summed E-state index contributed by atoms with van der Waals surface area (Å²) in [6, 6.07) is 9.54. The number of thioether (sulfide) groups is 1. The number of hydrogen-bond donors (Lipinski definition) is 0. The number of hydrogen-bond acceptors (Lipinski definition) is 5. The van der Waals surface area contributed by atoms with Gasteiger partial charge in [-0.1, -0.05) is 18.2 Å². The van der Waals surface area contributed by atoms with Gasteiger partial charge in [-0.15, -0.1) is 11.8 Å². The van der Waals surface area contributed by atoms with Crippen LogP contribution in [0.3, 0.4) is 0 Å². The second kappa shape index (κ2) is 7.84. The Bertz CT molecular complexity index is 924. The highest BCUT2D eigenvalue weighted by Gasteiger charge is 2.40. The molecule has 1 aromatic carbocycles. The molecule has 8 heteroatoms. The average Bonchev–Trinajstić information content (AvgIpc) is 3.50. The Morgan fingerprint density at radius 2 is 1.90 bits per heavy atom. The van der Waals surface area contributed by atoms with Crippen molar-refractivity contribution in [3.63, 3.8) is 0 Å². The standard InChI is InChI=1S/C21H24N4O3S/c26-20(23-9-11-28-12-10-23)18-13-29-14-24(18)21(27)19-16-7-4-8-17(16)25(22-19)15-5-2-1-3-6-15/h1-3,5-6,18H,4,7-14H2/t18-/m0/s1. The number of ether oxygens (including phenoxy) is 1. The lowest BCUT2D eigenvalue weighted by atomic mass is 10.1. The molecule has 1 aromatic heterocycles. The van der Waals surface area contributed by atoms with E-state index in [1.165, 1.54) is 0 Å². The zero-order valence-electron chi connectivity index (χ0n) is 16.2. The average molecular weight is 413 g/mol. The van der Waals surface area contributed by atoms with Gasteiger partial charge in [0.05, 0.1) is 24.8 Å². The molecule has 0 spiro atoms. The van der Waals surface area contributed by atoms with E-state index in [0.717, 1.165) is 36.2 Å². The molecule has 0 radical (unpaired) electrons. The second-order valence-corrected chi connectivity index (χ2v) is 8.60.